The third kappa shape index (κ3) is 4.36. The Labute approximate surface area is 151 Å². The zero-order valence-electron chi connectivity index (χ0n) is 14.2. The molecule has 0 bridgehead atoms. The van der Waals surface area contributed by atoms with Crippen molar-refractivity contribution in [3.8, 4) is 16.3 Å². The molecule has 2 amide bonds. The van der Waals surface area contributed by atoms with Gasteiger partial charge in [-0.2, -0.15) is 0 Å². The number of rotatable bonds is 6. The summed E-state index contributed by atoms with van der Waals surface area (Å²) in [5, 5.41) is 2.96. The van der Waals surface area contributed by atoms with Gasteiger partial charge in [-0.15, -0.1) is 11.3 Å². The lowest BCUT2D eigenvalue weighted by Crippen LogP contribution is -2.48. The van der Waals surface area contributed by atoms with Crippen molar-refractivity contribution in [2.24, 2.45) is 0 Å². The molecule has 6 nitrogen and oxygen atoms in total. The number of ether oxygens (including phenoxy) is 1. The van der Waals surface area contributed by atoms with Crippen LogP contribution in [0.1, 0.15) is 12.1 Å². The van der Waals surface area contributed by atoms with E-state index in [2.05, 4.69) is 4.98 Å². The molecule has 0 N–H and O–H groups in total. The van der Waals surface area contributed by atoms with Gasteiger partial charge in [-0.05, 0) is 30.7 Å². The Hall–Kier alpha value is -2.41. The summed E-state index contributed by atoms with van der Waals surface area (Å²) in [7, 11) is 1.65. The van der Waals surface area contributed by atoms with Gasteiger partial charge in [0.1, 0.15) is 10.8 Å². The van der Waals surface area contributed by atoms with Crippen molar-refractivity contribution in [3.05, 3.63) is 35.3 Å². The number of hydrogen-bond acceptors (Lipinski definition) is 5. The SMILES string of the molecule is COc1ccc(-c2nc(CCC(=O)N3CCN(C=O)CC3)cs2)cc1. The summed E-state index contributed by atoms with van der Waals surface area (Å²) in [6.45, 7) is 2.47. The van der Waals surface area contributed by atoms with E-state index in [4.69, 9.17) is 4.74 Å². The highest BCUT2D eigenvalue weighted by Crippen LogP contribution is 2.26. The van der Waals surface area contributed by atoms with E-state index in [-0.39, 0.29) is 5.91 Å². The molecule has 1 aliphatic heterocycles. The van der Waals surface area contributed by atoms with E-state index in [9.17, 15) is 9.59 Å². The summed E-state index contributed by atoms with van der Waals surface area (Å²) < 4.78 is 5.17. The molecule has 0 radical (unpaired) electrons. The topological polar surface area (TPSA) is 62.7 Å². The van der Waals surface area contributed by atoms with Gasteiger partial charge >= 0.3 is 0 Å². The average molecular weight is 359 g/mol. The molecule has 132 valence electrons. The number of aryl methyl sites for hydroxylation is 1. The molecule has 1 aromatic carbocycles. The lowest BCUT2D eigenvalue weighted by molar-refractivity contribution is -0.135. The molecular weight excluding hydrogens is 338 g/mol. The Kier molecular flexibility index (Phi) is 5.65. The third-order valence-electron chi connectivity index (χ3n) is 4.30. The van der Waals surface area contributed by atoms with Crippen molar-refractivity contribution in [2.45, 2.75) is 12.8 Å². The predicted octanol–water partition coefficient (Wildman–Crippen LogP) is 2.05. The van der Waals surface area contributed by atoms with Crippen LogP contribution >= 0.6 is 11.3 Å². The van der Waals surface area contributed by atoms with Crippen molar-refractivity contribution in [1.29, 1.82) is 0 Å². The maximum atomic E-state index is 12.3. The maximum absolute atomic E-state index is 12.3. The monoisotopic (exact) mass is 359 g/mol. The first-order chi connectivity index (χ1) is 12.2. The molecule has 2 heterocycles. The van der Waals surface area contributed by atoms with Crippen LogP contribution in [-0.2, 0) is 16.0 Å². The molecule has 1 aromatic heterocycles. The first-order valence-electron chi connectivity index (χ1n) is 8.25. The normalized spacial score (nSPS) is 14.4. The van der Waals surface area contributed by atoms with Gasteiger partial charge < -0.3 is 14.5 Å². The highest BCUT2D eigenvalue weighted by molar-refractivity contribution is 7.13. The van der Waals surface area contributed by atoms with Crippen LogP contribution in [0.3, 0.4) is 0 Å². The van der Waals surface area contributed by atoms with Gasteiger partial charge in [0.05, 0.1) is 12.8 Å². The zero-order chi connectivity index (χ0) is 17.6. The van der Waals surface area contributed by atoms with Gasteiger partial charge in [-0.1, -0.05) is 0 Å². The van der Waals surface area contributed by atoms with Crippen LogP contribution in [0.15, 0.2) is 29.6 Å². The predicted molar refractivity (Wildman–Crippen MR) is 96.6 cm³/mol. The van der Waals surface area contributed by atoms with Gasteiger partial charge in [0.2, 0.25) is 12.3 Å². The van der Waals surface area contributed by atoms with Crippen LogP contribution in [0.4, 0.5) is 0 Å². The van der Waals surface area contributed by atoms with Crippen LogP contribution in [0.5, 0.6) is 5.75 Å². The van der Waals surface area contributed by atoms with Gasteiger partial charge in [0, 0.05) is 43.5 Å². The molecule has 0 saturated carbocycles. The lowest BCUT2D eigenvalue weighted by atomic mass is 10.2. The fourth-order valence-corrected chi connectivity index (χ4v) is 3.62. The van der Waals surface area contributed by atoms with Crippen LogP contribution in [0, 0.1) is 0 Å². The number of nitrogens with zero attached hydrogens (tertiary/aromatic N) is 3. The van der Waals surface area contributed by atoms with E-state index in [1.165, 1.54) is 0 Å². The quantitative estimate of drug-likeness (QED) is 0.741. The third-order valence-corrected chi connectivity index (χ3v) is 5.24. The number of piperazine rings is 1. The summed E-state index contributed by atoms with van der Waals surface area (Å²) in [6.07, 6.45) is 1.93. The Bertz CT molecular complexity index is 721. The fraction of sp³-hybridized carbons (Fsp3) is 0.389. The van der Waals surface area contributed by atoms with Crippen molar-refractivity contribution in [3.63, 3.8) is 0 Å². The molecule has 25 heavy (non-hydrogen) atoms. The second-order valence-corrected chi connectivity index (χ2v) is 6.75. The minimum atomic E-state index is 0.129. The minimum Gasteiger partial charge on any atom is -0.497 e. The summed E-state index contributed by atoms with van der Waals surface area (Å²) >= 11 is 1.58. The first kappa shape index (κ1) is 17.4. The van der Waals surface area contributed by atoms with E-state index in [1.807, 2.05) is 34.5 Å². The Morgan fingerprint density at radius 1 is 1.24 bits per heavy atom. The number of carbonyl (C=O) groups excluding carboxylic acids is 2. The van der Waals surface area contributed by atoms with Crippen molar-refractivity contribution < 1.29 is 14.3 Å². The highest BCUT2D eigenvalue weighted by Gasteiger charge is 2.20. The molecule has 0 atom stereocenters. The molecule has 2 aromatic rings. The summed E-state index contributed by atoms with van der Waals surface area (Å²) in [5.74, 6) is 0.949. The van der Waals surface area contributed by atoms with Gasteiger partial charge in [-0.3, -0.25) is 9.59 Å². The zero-order valence-corrected chi connectivity index (χ0v) is 15.0. The number of benzene rings is 1. The fourth-order valence-electron chi connectivity index (χ4n) is 2.76. The highest BCUT2D eigenvalue weighted by atomic mass is 32.1. The van der Waals surface area contributed by atoms with Gasteiger partial charge in [0.25, 0.3) is 0 Å². The lowest BCUT2D eigenvalue weighted by Gasteiger charge is -2.32. The van der Waals surface area contributed by atoms with E-state index in [0.29, 0.717) is 39.0 Å². The number of carbonyl (C=O) groups is 2. The van der Waals surface area contributed by atoms with Crippen LogP contribution in [0.2, 0.25) is 0 Å². The number of aromatic nitrogens is 1. The molecule has 0 unspecified atom stereocenters. The van der Waals surface area contributed by atoms with Gasteiger partial charge in [0.15, 0.2) is 0 Å². The van der Waals surface area contributed by atoms with E-state index in [0.717, 1.165) is 28.4 Å². The Balaban J connectivity index is 1.53. The number of amides is 2. The summed E-state index contributed by atoms with van der Waals surface area (Å²) in [6, 6.07) is 7.80. The maximum Gasteiger partial charge on any atom is 0.223 e. The smallest absolute Gasteiger partial charge is 0.223 e. The molecule has 1 aliphatic rings. The van der Waals surface area contributed by atoms with Crippen molar-refractivity contribution in [1.82, 2.24) is 14.8 Å². The molecule has 3 rings (SSSR count). The number of methoxy groups -OCH3 is 1. The van der Waals surface area contributed by atoms with Crippen molar-refractivity contribution >= 4 is 23.7 Å². The molecule has 1 saturated heterocycles. The van der Waals surface area contributed by atoms with Crippen molar-refractivity contribution in [2.75, 3.05) is 33.3 Å². The van der Waals surface area contributed by atoms with E-state index in [1.54, 1.807) is 23.3 Å². The molecular formula is C18H21N3O3S. The largest absolute Gasteiger partial charge is 0.497 e. The van der Waals surface area contributed by atoms with Crippen LogP contribution in [-0.4, -0.2) is 60.4 Å². The molecule has 1 fully saturated rings. The molecule has 0 spiro atoms. The second kappa shape index (κ2) is 8.11. The minimum absolute atomic E-state index is 0.129. The standard InChI is InChI=1S/C18H21N3O3S/c1-24-16-5-2-14(3-6-16)18-19-15(12-25-18)4-7-17(23)21-10-8-20(13-22)9-11-21/h2-3,5-6,12-13H,4,7-11H2,1H3. The number of thiazole rings is 1. The number of hydrogen-bond donors (Lipinski definition) is 0. The Morgan fingerprint density at radius 3 is 2.60 bits per heavy atom. The molecule has 0 aliphatic carbocycles. The summed E-state index contributed by atoms with van der Waals surface area (Å²) in [5.41, 5.74) is 1.99. The van der Waals surface area contributed by atoms with E-state index >= 15 is 0 Å². The Morgan fingerprint density at radius 2 is 1.96 bits per heavy atom. The average Bonchev–Trinajstić information content (AvgIpc) is 3.15. The second-order valence-electron chi connectivity index (χ2n) is 5.89. The van der Waals surface area contributed by atoms with Gasteiger partial charge in [-0.25, -0.2) is 4.98 Å². The molecule has 7 heteroatoms. The summed E-state index contributed by atoms with van der Waals surface area (Å²) in [4.78, 5) is 31.2. The van der Waals surface area contributed by atoms with Crippen LogP contribution in [0.25, 0.3) is 10.6 Å². The first-order valence-corrected chi connectivity index (χ1v) is 9.13. The van der Waals surface area contributed by atoms with E-state index < -0.39 is 0 Å². The van der Waals surface area contributed by atoms with Crippen LogP contribution < -0.4 is 4.74 Å².